The minimum absolute atomic E-state index is 0. The molecule has 1 rings (SSSR count). The van der Waals surface area contributed by atoms with E-state index < -0.39 is 0 Å². The lowest BCUT2D eigenvalue weighted by Crippen LogP contribution is -1.92. The molecule has 0 aliphatic heterocycles. The minimum Gasteiger partial charge on any atom is -0.276 e. The number of nitrogens with zero attached hydrogens (tertiary/aromatic N) is 2. The monoisotopic (exact) mass is 152 g/mol. The van der Waals surface area contributed by atoms with E-state index in [1.807, 2.05) is 0 Å². The molecule has 4 heteroatoms. The van der Waals surface area contributed by atoms with E-state index in [9.17, 15) is 4.79 Å². The normalized spacial score (nSPS) is 8.40. The summed E-state index contributed by atoms with van der Waals surface area (Å²) in [5, 5.41) is 4.58. The summed E-state index contributed by atoms with van der Waals surface area (Å²) in [5.41, 5.74) is 1.05. The molecule has 0 aliphatic rings. The average molecular weight is 152 g/mol. The molecule has 1 aromatic heterocycles. The molecule has 0 saturated heterocycles. The van der Waals surface area contributed by atoms with Crippen LogP contribution < -0.4 is 0 Å². The van der Waals surface area contributed by atoms with Crippen LogP contribution >= 0.6 is 0 Å². The van der Waals surface area contributed by atoms with Crippen LogP contribution in [0.2, 0.25) is 0 Å². The molecular formula is C6H9AlN2O. The van der Waals surface area contributed by atoms with E-state index in [2.05, 4.69) is 21.4 Å². The fourth-order valence-electron chi connectivity index (χ4n) is 0.540. The lowest BCUT2D eigenvalue weighted by molar-refractivity contribution is 0.540. The highest BCUT2D eigenvalue weighted by atomic mass is 27.0. The van der Waals surface area contributed by atoms with Crippen molar-refractivity contribution in [1.82, 2.24) is 9.78 Å². The van der Waals surface area contributed by atoms with Crippen molar-refractivity contribution >= 4 is 22.7 Å². The molecule has 0 spiro atoms. The largest absolute Gasteiger partial charge is 0.276 e. The lowest BCUT2D eigenvalue weighted by atomic mass is 10.4. The van der Waals surface area contributed by atoms with Gasteiger partial charge in [0.05, 0.1) is 6.20 Å². The summed E-state index contributed by atoms with van der Waals surface area (Å²) in [6.07, 6.45) is 4.03. The van der Waals surface area contributed by atoms with Gasteiger partial charge in [0.25, 0.3) is 0 Å². The third-order valence-corrected chi connectivity index (χ3v) is 1.47. The van der Waals surface area contributed by atoms with E-state index in [0.717, 1.165) is 10.8 Å². The zero-order valence-corrected chi connectivity index (χ0v) is 5.97. The second kappa shape index (κ2) is 4.26. The van der Waals surface area contributed by atoms with Crippen LogP contribution in [0.25, 0.3) is 0 Å². The van der Waals surface area contributed by atoms with Crippen LogP contribution in [0.3, 0.4) is 0 Å². The Morgan fingerprint density at radius 3 is 2.80 bits per heavy atom. The fourth-order valence-corrected chi connectivity index (χ4v) is 0.751. The fraction of sp³-hybridized carbons (Fsp3) is 0.333. The molecule has 10 heavy (non-hydrogen) atoms. The summed E-state index contributed by atoms with van der Waals surface area (Å²) in [7, 11) is 0. The first-order valence-electron chi connectivity index (χ1n) is 2.55. The standard InChI is InChI=1S/C5H5N2O.CH4.Al/c1-5-2-6-7(3-5)4-8;;/h2-4H,1H2;1H4;. The Morgan fingerprint density at radius 2 is 2.50 bits per heavy atom. The van der Waals surface area contributed by atoms with Gasteiger partial charge < -0.3 is 0 Å². The molecule has 0 amide bonds. The Hall–Kier alpha value is -0.588. The average Bonchev–Trinajstić information content (AvgIpc) is 2.34. The van der Waals surface area contributed by atoms with E-state index in [1.165, 1.54) is 4.68 Å². The Balaban J connectivity index is 0.000000810. The smallest absolute Gasteiger partial charge is 0.234 e. The summed E-state index contributed by atoms with van der Waals surface area (Å²) in [6, 6.07) is 0. The SMILES string of the molecule is C.O=Cn1cc([CH2][Al])cn1. The van der Waals surface area contributed by atoms with Gasteiger partial charge in [-0.25, -0.2) is 4.68 Å². The van der Waals surface area contributed by atoms with E-state index in [-0.39, 0.29) is 7.43 Å². The van der Waals surface area contributed by atoms with Crippen LogP contribution in [0.1, 0.15) is 13.0 Å². The maximum atomic E-state index is 10.0. The van der Waals surface area contributed by atoms with Gasteiger partial charge in [-0.15, -0.1) is 0 Å². The van der Waals surface area contributed by atoms with E-state index >= 15 is 0 Å². The third-order valence-electron chi connectivity index (χ3n) is 0.999. The van der Waals surface area contributed by atoms with Crippen molar-refractivity contribution in [2.75, 3.05) is 0 Å². The second-order valence-corrected chi connectivity index (χ2v) is 2.05. The first kappa shape index (κ1) is 9.41. The zero-order valence-electron chi connectivity index (χ0n) is 4.82. The summed E-state index contributed by atoms with van der Waals surface area (Å²) in [5.74, 6) is 0. The molecule has 0 bridgehead atoms. The van der Waals surface area contributed by atoms with Crippen LogP contribution in [0.5, 0.6) is 0 Å². The van der Waals surface area contributed by atoms with Gasteiger partial charge in [0.2, 0.25) is 6.41 Å². The molecule has 0 atom stereocenters. The van der Waals surface area contributed by atoms with Crippen LogP contribution in [0, 0.1) is 0 Å². The molecule has 3 nitrogen and oxygen atoms in total. The van der Waals surface area contributed by atoms with Crippen molar-refractivity contribution in [3.05, 3.63) is 18.0 Å². The van der Waals surface area contributed by atoms with Crippen LogP contribution in [-0.4, -0.2) is 32.5 Å². The maximum absolute atomic E-state index is 10.0. The predicted octanol–water partition coefficient (Wildman–Crippen LogP) is 0.226. The number of hydrogen-bond donors (Lipinski definition) is 0. The van der Waals surface area contributed by atoms with Gasteiger partial charge in [-0.1, -0.05) is 12.7 Å². The maximum Gasteiger partial charge on any atom is 0.234 e. The molecule has 0 aliphatic carbocycles. The van der Waals surface area contributed by atoms with Crippen LogP contribution in [-0.2, 0) is 10.1 Å². The Labute approximate surface area is 68.5 Å². The number of carbonyl (C=O) groups excluding carboxylic acids is 1. The Bertz CT molecular complexity index is 209. The molecule has 0 saturated carbocycles. The summed E-state index contributed by atoms with van der Waals surface area (Å²) in [6.45, 7) is 0. The highest BCUT2D eigenvalue weighted by Crippen LogP contribution is 1.92. The van der Waals surface area contributed by atoms with Crippen molar-refractivity contribution < 1.29 is 4.79 Å². The highest BCUT2D eigenvalue weighted by Gasteiger charge is 1.90. The molecule has 0 fully saturated rings. The van der Waals surface area contributed by atoms with Crippen molar-refractivity contribution in [2.45, 2.75) is 12.7 Å². The molecular weight excluding hydrogens is 143 g/mol. The van der Waals surface area contributed by atoms with E-state index in [4.69, 9.17) is 0 Å². The molecule has 2 radical (unpaired) electrons. The van der Waals surface area contributed by atoms with Gasteiger partial charge in [-0.2, -0.15) is 5.10 Å². The van der Waals surface area contributed by atoms with Gasteiger partial charge in [-0.05, 0) is 5.56 Å². The predicted molar refractivity (Wildman–Crippen MR) is 40.6 cm³/mol. The van der Waals surface area contributed by atoms with E-state index in [0.29, 0.717) is 6.41 Å². The first-order valence-corrected chi connectivity index (χ1v) is 3.37. The molecule has 1 heterocycles. The van der Waals surface area contributed by atoms with Gasteiger partial charge in [0.1, 0.15) is 16.3 Å². The van der Waals surface area contributed by atoms with Crippen LogP contribution in [0.15, 0.2) is 12.4 Å². The van der Waals surface area contributed by atoms with Gasteiger partial charge in [-0.3, -0.25) is 4.79 Å². The van der Waals surface area contributed by atoms with Crippen molar-refractivity contribution in [3.63, 3.8) is 0 Å². The minimum atomic E-state index is 0. The summed E-state index contributed by atoms with van der Waals surface area (Å²) in [4.78, 5) is 10.0. The molecule has 0 aromatic carbocycles. The molecule has 52 valence electrons. The Kier molecular flexibility index (Phi) is 4.01. The van der Waals surface area contributed by atoms with Crippen molar-refractivity contribution in [1.29, 1.82) is 0 Å². The van der Waals surface area contributed by atoms with Crippen molar-refractivity contribution in [2.24, 2.45) is 0 Å². The Morgan fingerprint density at radius 1 is 1.80 bits per heavy atom. The summed E-state index contributed by atoms with van der Waals surface area (Å²) >= 11 is 2.56. The molecule has 0 unspecified atom stereocenters. The van der Waals surface area contributed by atoms with Crippen molar-refractivity contribution in [3.8, 4) is 0 Å². The quantitative estimate of drug-likeness (QED) is 0.449. The highest BCUT2D eigenvalue weighted by molar-refractivity contribution is 6.08. The van der Waals surface area contributed by atoms with E-state index in [1.54, 1.807) is 12.4 Å². The molecule has 1 aromatic rings. The number of hydrogen-bond acceptors (Lipinski definition) is 2. The lowest BCUT2D eigenvalue weighted by Gasteiger charge is -1.81. The topological polar surface area (TPSA) is 34.9 Å². The van der Waals surface area contributed by atoms with Gasteiger partial charge >= 0.3 is 0 Å². The second-order valence-electron chi connectivity index (χ2n) is 1.64. The third kappa shape index (κ3) is 1.98. The summed E-state index contributed by atoms with van der Waals surface area (Å²) < 4.78 is 1.25. The molecule has 0 N–H and O–H groups in total. The number of carbonyl (C=O) groups is 1. The first-order chi connectivity index (χ1) is 4.36. The zero-order chi connectivity index (χ0) is 6.69. The number of aromatic nitrogens is 2. The van der Waals surface area contributed by atoms with Gasteiger partial charge in [0, 0.05) is 6.20 Å². The number of rotatable bonds is 2. The van der Waals surface area contributed by atoms with Crippen LogP contribution in [0.4, 0.5) is 0 Å². The van der Waals surface area contributed by atoms with Gasteiger partial charge in [0.15, 0.2) is 0 Å².